The van der Waals surface area contributed by atoms with Gasteiger partial charge in [-0.05, 0) is 5.41 Å². The second-order valence-electron chi connectivity index (χ2n) is 3.66. The van der Waals surface area contributed by atoms with Crippen molar-refractivity contribution in [3.63, 3.8) is 0 Å². The van der Waals surface area contributed by atoms with Crippen molar-refractivity contribution >= 4 is 16.0 Å². The molecule has 0 bridgehead atoms. The molecule has 0 aromatic carbocycles. The van der Waals surface area contributed by atoms with Crippen LogP contribution in [0.15, 0.2) is 11.0 Å². The maximum atomic E-state index is 10.8. The largest absolute Gasteiger partial charge is 1.00 e. The van der Waals surface area contributed by atoms with Crippen molar-refractivity contribution in [1.29, 1.82) is 0 Å². The van der Waals surface area contributed by atoms with E-state index in [2.05, 4.69) is 0 Å². The van der Waals surface area contributed by atoms with E-state index in [4.69, 9.17) is 10.3 Å². The van der Waals surface area contributed by atoms with Crippen LogP contribution in [0.5, 0.6) is 0 Å². The van der Waals surface area contributed by atoms with Gasteiger partial charge in [-0.3, -0.25) is 9.35 Å². The Morgan fingerprint density at radius 3 is 1.86 bits per heavy atom. The van der Waals surface area contributed by atoms with Gasteiger partial charge >= 0.3 is 29.6 Å². The number of carbonyl (C=O) groups is 1. The maximum Gasteiger partial charge on any atom is 1.00 e. The molecule has 0 saturated heterocycles. The molecule has 1 amide bonds. The summed E-state index contributed by atoms with van der Waals surface area (Å²) in [5, 5.41) is 0.481. The van der Waals surface area contributed by atoms with Crippen LogP contribution in [0.2, 0.25) is 0 Å². The minimum Gasteiger partial charge on any atom is -1.00 e. The van der Waals surface area contributed by atoms with E-state index in [1.165, 1.54) is 0 Å². The van der Waals surface area contributed by atoms with E-state index < -0.39 is 21.4 Å². The first-order valence-corrected chi connectivity index (χ1v) is 5.04. The fourth-order valence-corrected chi connectivity index (χ4v) is 1.52. The van der Waals surface area contributed by atoms with Gasteiger partial charge in [0.25, 0.3) is 10.1 Å². The molecule has 0 aliphatic rings. The van der Waals surface area contributed by atoms with Crippen LogP contribution in [0.3, 0.4) is 0 Å². The molecule has 5 nitrogen and oxygen atoms in total. The van der Waals surface area contributed by atoms with E-state index in [1.807, 2.05) is 0 Å². The van der Waals surface area contributed by atoms with Gasteiger partial charge in [0.15, 0.2) is 0 Å². The zero-order valence-electron chi connectivity index (χ0n) is 9.73. The molecule has 7 heteroatoms. The summed E-state index contributed by atoms with van der Waals surface area (Å²) in [4.78, 5) is 10.8. The molecule has 14 heavy (non-hydrogen) atoms. The van der Waals surface area contributed by atoms with Crippen LogP contribution >= 0.6 is 0 Å². The third-order valence-corrected chi connectivity index (χ3v) is 1.87. The number of nitrogens with two attached hydrogens (primary N) is 1. The topological polar surface area (TPSA) is 97.5 Å². The standard InChI is InChI=1S/C7H13NO4S.Na.H/c1-7(2,3)5(6(8)9)4-13(10,11)12;;/h4H,1-3H3,(H2,8,9)(H,10,11,12);;/q;+1;-1. The van der Waals surface area contributed by atoms with E-state index in [1.54, 1.807) is 20.8 Å². The second-order valence-corrected chi connectivity index (χ2v) is 4.93. The molecule has 0 aromatic heterocycles. The zero-order valence-corrected chi connectivity index (χ0v) is 11.6. The van der Waals surface area contributed by atoms with Crippen molar-refractivity contribution in [2.45, 2.75) is 20.8 Å². The summed E-state index contributed by atoms with van der Waals surface area (Å²) in [5.41, 5.74) is 4.11. The molecule has 78 valence electrons. The Kier molecular flexibility index (Phi) is 6.23. The Morgan fingerprint density at radius 1 is 1.43 bits per heavy atom. The quantitative estimate of drug-likeness (QED) is 0.309. The van der Waals surface area contributed by atoms with Crippen molar-refractivity contribution in [1.82, 2.24) is 0 Å². The minimum atomic E-state index is -4.31. The molecule has 0 spiro atoms. The van der Waals surface area contributed by atoms with Crippen molar-refractivity contribution in [2.24, 2.45) is 11.1 Å². The SMILES string of the molecule is CC(C)(C)C(=CS(=O)(=O)O)C(N)=O.[H-].[Na+]. The van der Waals surface area contributed by atoms with Gasteiger partial charge in [-0.2, -0.15) is 8.42 Å². The number of primary amides is 1. The first kappa shape index (κ1) is 16.5. The molecule has 0 aliphatic heterocycles. The van der Waals surface area contributed by atoms with Crippen LogP contribution in [0.4, 0.5) is 0 Å². The molecule has 3 N–H and O–H groups in total. The van der Waals surface area contributed by atoms with Crippen LogP contribution in [0, 0.1) is 5.41 Å². The molecular weight excluding hydrogens is 217 g/mol. The van der Waals surface area contributed by atoms with Crippen molar-refractivity contribution in [2.75, 3.05) is 0 Å². The monoisotopic (exact) mass is 231 g/mol. The van der Waals surface area contributed by atoms with E-state index in [0.29, 0.717) is 5.41 Å². The van der Waals surface area contributed by atoms with E-state index in [9.17, 15) is 13.2 Å². The van der Waals surface area contributed by atoms with Gasteiger partial charge in [-0.15, -0.1) is 0 Å². The van der Waals surface area contributed by atoms with Crippen LogP contribution in [-0.2, 0) is 14.9 Å². The van der Waals surface area contributed by atoms with Crippen molar-refractivity contribution < 1.29 is 48.7 Å². The molecule has 0 aromatic rings. The van der Waals surface area contributed by atoms with Gasteiger partial charge < -0.3 is 7.16 Å². The van der Waals surface area contributed by atoms with E-state index in [-0.39, 0.29) is 36.6 Å². The summed E-state index contributed by atoms with van der Waals surface area (Å²) in [6, 6.07) is 0. The van der Waals surface area contributed by atoms with Crippen LogP contribution in [0.1, 0.15) is 22.2 Å². The average molecular weight is 231 g/mol. The summed E-state index contributed by atoms with van der Waals surface area (Å²) in [6.45, 7) is 4.86. The summed E-state index contributed by atoms with van der Waals surface area (Å²) in [5.74, 6) is -0.856. The Bertz CT molecular complexity index is 344. The number of carbonyl (C=O) groups excluding carboxylic acids is 1. The Labute approximate surface area is 107 Å². The number of hydrogen-bond donors (Lipinski definition) is 2. The third kappa shape index (κ3) is 6.56. The number of hydrogen-bond acceptors (Lipinski definition) is 3. The Hall–Kier alpha value is 0.120. The summed E-state index contributed by atoms with van der Waals surface area (Å²) < 4.78 is 29.4. The normalized spacial score (nSPS) is 13.3. The number of amides is 1. The van der Waals surface area contributed by atoms with Crippen LogP contribution < -0.4 is 35.3 Å². The summed E-state index contributed by atoms with van der Waals surface area (Å²) in [6.07, 6.45) is 0. The molecule has 0 radical (unpaired) electrons. The predicted molar refractivity (Wildman–Crippen MR) is 49.4 cm³/mol. The molecule has 0 aliphatic carbocycles. The average Bonchev–Trinajstić information content (AvgIpc) is 1.77. The molecule has 0 rings (SSSR count). The van der Waals surface area contributed by atoms with Crippen LogP contribution in [-0.4, -0.2) is 18.9 Å². The van der Waals surface area contributed by atoms with Gasteiger partial charge in [0, 0.05) is 5.57 Å². The zero-order chi connectivity index (χ0) is 10.9. The fourth-order valence-electron chi connectivity index (χ4n) is 0.753. The van der Waals surface area contributed by atoms with Gasteiger partial charge in [-0.1, -0.05) is 20.8 Å². The maximum absolute atomic E-state index is 10.8. The molecule has 0 atom stereocenters. The molecular formula is C7H14NNaO4S. The summed E-state index contributed by atoms with van der Waals surface area (Å²) in [7, 11) is -4.31. The van der Waals surface area contributed by atoms with Crippen molar-refractivity contribution in [3.05, 3.63) is 11.0 Å². The fraction of sp³-hybridized carbons (Fsp3) is 0.571. The Morgan fingerprint density at radius 2 is 1.79 bits per heavy atom. The van der Waals surface area contributed by atoms with Gasteiger partial charge in [0.1, 0.15) is 0 Å². The van der Waals surface area contributed by atoms with Gasteiger partial charge in [-0.25, -0.2) is 0 Å². The van der Waals surface area contributed by atoms with E-state index >= 15 is 0 Å². The predicted octanol–water partition coefficient (Wildman–Crippen LogP) is -2.59. The Balaban J connectivity index is -0.000000720. The smallest absolute Gasteiger partial charge is 1.00 e. The van der Waals surface area contributed by atoms with E-state index in [0.717, 1.165) is 0 Å². The minimum absolute atomic E-state index is 0. The van der Waals surface area contributed by atoms with Gasteiger partial charge in [0.05, 0.1) is 5.41 Å². The summed E-state index contributed by atoms with van der Waals surface area (Å²) >= 11 is 0. The van der Waals surface area contributed by atoms with Crippen LogP contribution in [0.25, 0.3) is 0 Å². The van der Waals surface area contributed by atoms with Crippen molar-refractivity contribution in [3.8, 4) is 0 Å². The molecule has 0 fully saturated rings. The molecule has 0 unspecified atom stereocenters. The molecule has 0 saturated carbocycles. The first-order valence-electron chi connectivity index (χ1n) is 3.53. The van der Waals surface area contributed by atoms with Gasteiger partial charge in [0.2, 0.25) is 5.91 Å². The third-order valence-electron chi connectivity index (χ3n) is 1.34. The molecule has 0 heterocycles. The number of rotatable bonds is 2. The first-order chi connectivity index (χ1) is 5.54. The second kappa shape index (κ2) is 5.27.